The molecule has 1 N–H and O–H groups in total. The molecular weight excluding hydrogens is 298 g/mol. The van der Waals surface area contributed by atoms with Crippen molar-refractivity contribution in [3.05, 3.63) is 29.8 Å². The summed E-state index contributed by atoms with van der Waals surface area (Å²) in [5, 5.41) is 11.4. The van der Waals surface area contributed by atoms with Gasteiger partial charge in [0.2, 0.25) is 0 Å². The van der Waals surface area contributed by atoms with Gasteiger partial charge in [-0.1, -0.05) is 26.0 Å². The second-order valence-electron chi connectivity index (χ2n) is 5.64. The summed E-state index contributed by atoms with van der Waals surface area (Å²) in [6.45, 7) is 4.35. The van der Waals surface area contributed by atoms with Crippen LogP contribution in [0.2, 0.25) is 0 Å². The molecule has 0 aliphatic rings. The smallest absolute Gasteiger partial charge is 0.251 e. The zero-order valence-electron chi connectivity index (χ0n) is 14.5. The van der Waals surface area contributed by atoms with Crippen LogP contribution in [0.4, 0.5) is 0 Å². The van der Waals surface area contributed by atoms with Gasteiger partial charge in [-0.25, -0.2) is 5.06 Å². The molecule has 6 heteroatoms. The molecular formula is C17H27NO5. The van der Waals surface area contributed by atoms with E-state index in [0.717, 1.165) is 16.4 Å². The van der Waals surface area contributed by atoms with Crippen LogP contribution in [-0.2, 0) is 21.0 Å². The fourth-order valence-corrected chi connectivity index (χ4v) is 2.20. The minimum Gasteiger partial charge on any atom is -0.497 e. The van der Waals surface area contributed by atoms with Gasteiger partial charge in [0, 0.05) is 13.0 Å². The summed E-state index contributed by atoms with van der Waals surface area (Å²) in [6.07, 6.45) is -0.795. The highest BCUT2D eigenvalue weighted by Crippen LogP contribution is 2.17. The third-order valence-corrected chi connectivity index (χ3v) is 3.88. The van der Waals surface area contributed by atoms with Crippen LogP contribution in [0.5, 0.6) is 5.75 Å². The van der Waals surface area contributed by atoms with Crippen LogP contribution in [0.3, 0.4) is 0 Å². The Morgan fingerprint density at radius 3 is 2.35 bits per heavy atom. The number of rotatable bonds is 9. The summed E-state index contributed by atoms with van der Waals surface area (Å²) < 4.78 is 10.7. The number of hydrogen-bond acceptors (Lipinski definition) is 5. The maximum atomic E-state index is 12.0. The summed E-state index contributed by atoms with van der Waals surface area (Å²) in [5.41, 5.74) is 1.02. The molecule has 0 bridgehead atoms. The van der Waals surface area contributed by atoms with E-state index in [4.69, 9.17) is 14.3 Å². The first kappa shape index (κ1) is 19.4. The number of aliphatic hydroxyl groups excluding tert-OH is 1. The van der Waals surface area contributed by atoms with Gasteiger partial charge in [0.25, 0.3) is 5.91 Å². The number of aliphatic hydroxyl groups is 1. The van der Waals surface area contributed by atoms with Gasteiger partial charge in [-0.3, -0.25) is 9.63 Å². The second kappa shape index (κ2) is 9.50. The van der Waals surface area contributed by atoms with Crippen LogP contribution in [0.15, 0.2) is 24.3 Å². The Kier molecular flexibility index (Phi) is 8.02. The molecule has 1 rings (SSSR count). The van der Waals surface area contributed by atoms with E-state index >= 15 is 0 Å². The quantitative estimate of drug-likeness (QED) is 0.702. The van der Waals surface area contributed by atoms with Gasteiger partial charge in [0.05, 0.1) is 39.5 Å². The van der Waals surface area contributed by atoms with Crippen molar-refractivity contribution in [3.8, 4) is 5.75 Å². The average molecular weight is 325 g/mol. The molecule has 1 aromatic carbocycles. The predicted molar refractivity (Wildman–Crippen MR) is 86.8 cm³/mol. The lowest BCUT2D eigenvalue weighted by Crippen LogP contribution is -2.40. The van der Waals surface area contributed by atoms with E-state index < -0.39 is 12.0 Å². The first-order valence-electron chi connectivity index (χ1n) is 7.61. The normalized spacial score (nSPS) is 14.9. The van der Waals surface area contributed by atoms with E-state index in [0.29, 0.717) is 13.2 Å². The largest absolute Gasteiger partial charge is 0.497 e. The molecule has 3 atom stereocenters. The number of benzene rings is 1. The number of ether oxygens (including phenoxy) is 2. The first-order valence-corrected chi connectivity index (χ1v) is 7.61. The first-order chi connectivity index (χ1) is 10.9. The highest BCUT2D eigenvalue weighted by Gasteiger charge is 2.29. The molecule has 6 nitrogen and oxygen atoms in total. The number of hydroxylamine groups is 2. The molecule has 0 unspecified atom stereocenters. The highest BCUT2D eigenvalue weighted by molar-refractivity contribution is 5.77. The van der Waals surface area contributed by atoms with Gasteiger partial charge in [-0.15, -0.1) is 0 Å². The van der Waals surface area contributed by atoms with Crippen molar-refractivity contribution in [3.63, 3.8) is 0 Å². The number of carbonyl (C=O) groups is 1. The van der Waals surface area contributed by atoms with Crippen molar-refractivity contribution >= 4 is 5.91 Å². The molecule has 0 aromatic heterocycles. The van der Waals surface area contributed by atoms with Gasteiger partial charge in [0.1, 0.15) is 5.75 Å². The monoisotopic (exact) mass is 325 g/mol. The Morgan fingerprint density at radius 1 is 1.22 bits per heavy atom. The van der Waals surface area contributed by atoms with Gasteiger partial charge >= 0.3 is 0 Å². The minimum absolute atomic E-state index is 0.169. The summed E-state index contributed by atoms with van der Waals surface area (Å²) in [7, 11) is 4.56. The van der Waals surface area contributed by atoms with Gasteiger partial charge in [-0.2, -0.15) is 0 Å². The molecule has 0 saturated carbocycles. The topological polar surface area (TPSA) is 68.2 Å². The van der Waals surface area contributed by atoms with Crippen LogP contribution in [0, 0.1) is 11.8 Å². The summed E-state index contributed by atoms with van der Waals surface area (Å²) in [6, 6.07) is 7.61. The molecule has 0 aliphatic heterocycles. The zero-order chi connectivity index (χ0) is 17.4. The van der Waals surface area contributed by atoms with Crippen LogP contribution < -0.4 is 4.74 Å². The lowest BCUT2D eigenvalue weighted by molar-refractivity contribution is -0.177. The van der Waals surface area contributed by atoms with Crippen molar-refractivity contribution in [1.29, 1.82) is 0 Å². The van der Waals surface area contributed by atoms with E-state index in [1.54, 1.807) is 14.0 Å². The molecule has 0 fully saturated rings. The Hall–Kier alpha value is -1.63. The molecule has 0 aliphatic carbocycles. The second-order valence-corrected chi connectivity index (χ2v) is 5.64. The van der Waals surface area contributed by atoms with E-state index in [1.807, 2.05) is 31.2 Å². The summed E-state index contributed by atoms with van der Waals surface area (Å²) in [5.74, 6) is -0.189. The fraction of sp³-hybridized carbons (Fsp3) is 0.588. The predicted octanol–water partition coefficient (Wildman–Crippen LogP) is 1.86. The number of hydrogen-bond donors (Lipinski definition) is 1. The van der Waals surface area contributed by atoms with Gasteiger partial charge < -0.3 is 14.6 Å². The Bertz CT molecular complexity index is 476. The minimum atomic E-state index is -0.795. The number of methoxy groups -OCH3 is 1. The van der Waals surface area contributed by atoms with E-state index in [9.17, 15) is 9.90 Å². The summed E-state index contributed by atoms with van der Waals surface area (Å²) in [4.78, 5) is 16.8. The third-order valence-electron chi connectivity index (χ3n) is 3.88. The average Bonchev–Trinajstić information content (AvgIpc) is 2.59. The van der Waals surface area contributed by atoms with E-state index in [1.165, 1.54) is 14.2 Å². The number of nitrogens with zero attached hydrogens (tertiary/aromatic N) is 1. The number of amides is 1. The maximum absolute atomic E-state index is 12.0. The third kappa shape index (κ3) is 5.82. The van der Waals surface area contributed by atoms with Crippen molar-refractivity contribution in [2.45, 2.75) is 26.6 Å². The SMILES string of the molecule is COc1ccc(COC[C@H](C)[C@H](O)[C@@H](C)C(=O)N(C)OC)cc1. The Balaban J connectivity index is 2.42. The van der Waals surface area contributed by atoms with Gasteiger partial charge in [0.15, 0.2) is 0 Å². The standard InChI is InChI=1S/C17H27NO5/c1-12(16(19)13(2)17(20)18(3)22-5)10-23-11-14-6-8-15(21-4)9-7-14/h6-9,12-13,16,19H,10-11H2,1-5H3/t12-,13+,16-/m0/s1. The van der Waals surface area contributed by atoms with Crippen molar-refractivity contribution in [2.75, 3.05) is 27.9 Å². The lowest BCUT2D eigenvalue weighted by atomic mass is 9.93. The number of carbonyl (C=O) groups excluding carboxylic acids is 1. The molecule has 1 amide bonds. The zero-order valence-corrected chi connectivity index (χ0v) is 14.5. The van der Waals surface area contributed by atoms with Crippen LogP contribution >= 0.6 is 0 Å². The van der Waals surface area contributed by atoms with E-state index in [-0.39, 0.29) is 11.8 Å². The van der Waals surface area contributed by atoms with E-state index in [2.05, 4.69) is 0 Å². The molecule has 0 radical (unpaired) electrons. The molecule has 1 aromatic rings. The molecule has 23 heavy (non-hydrogen) atoms. The molecule has 130 valence electrons. The molecule has 0 saturated heterocycles. The van der Waals surface area contributed by atoms with Crippen molar-refractivity contribution < 1.29 is 24.2 Å². The van der Waals surface area contributed by atoms with Crippen molar-refractivity contribution in [1.82, 2.24) is 5.06 Å². The molecule has 0 spiro atoms. The fourth-order valence-electron chi connectivity index (χ4n) is 2.20. The Labute approximate surface area is 137 Å². The van der Waals surface area contributed by atoms with Crippen LogP contribution in [-0.4, -0.2) is 50.1 Å². The van der Waals surface area contributed by atoms with Gasteiger partial charge in [-0.05, 0) is 17.7 Å². The van der Waals surface area contributed by atoms with Crippen molar-refractivity contribution in [2.24, 2.45) is 11.8 Å². The molecule has 0 heterocycles. The lowest BCUT2D eigenvalue weighted by Gasteiger charge is -2.26. The van der Waals surface area contributed by atoms with Crippen LogP contribution in [0.25, 0.3) is 0 Å². The highest BCUT2D eigenvalue weighted by atomic mass is 16.7. The summed E-state index contributed by atoms with van der Waals surface area (Å²) >= 11 is 0. The Morgan fingerprint density at radius 2 is 1.83 bits per heavy atom. The van der Waals surface area contributed by atoms with Crippen LogP contribution in [0.1, 0.15) is 19.4 Å². The maximum Gasteiger partial charge on any atom is 0.251 e.